The van der Waals surface area contributed by atoms with Crippen LogP contribution < -0.4 is 4.90 Å². The zero-order valence-electron chi connectivity index (χ0n) is 17.9. The quantitative estimate of drug-likeness (QED) is 0.564. The van der Waals surface area contributed by atoms with Crippen molar-refractivity contribution in [1.82, 2.24) is 9.88 Å². The first-order valence-corrected chi connectivity index (χ1v) is 10.6. The number of carbonyl (C=O) groups excluding carboxylic acids is 2. The second kappa shape index (κ2) is 9.20. The maximum absolute atomic E-state index is 12.5. The summed E-state index contributed by atoms with van der Waals surface area (Å²) in [5, 5.41) is 0. The molecule has 4 rings (SSSR count). The summed E-state index contributed by atoms with van der Waals surface area (Å²) in [5.41, 5.74) is 2.62. The van der Waals surface area contributed by atoms with Gasteiger partial charge in [-0.3, -0.25) is 9.59 Å². The van der Waals surface area contributed by atoms with Gasteiger partial charge in [0.05, 0.1) is 12.0 Å². The van der Waals surface area contributed by atoms with Crippen LogP contribution in [0.2, 0.25) is 0 Å². The molecule has 2 aromatic carbocycles. The summed E-state index contributed by atoms with van der Waals surface area (Å²) < 4.78 is 11.2. The summed E-state index contributed by atoms with van der Waals surface area (Å²) in [6, 6.07) is 17.9. The molecule has 1 amide bonds. The molecule has 7 nitrogen and oxygen atoms in total. The molecule has 1 aliphatic heterocycles. The molecule has 1 saturated heterocycles. The summed E-state index contributed by atoms with van der Waals surface area (Å²) in [6.07, 6.45) is 1.28. The third-order valence-electron chi connectivity index (χ3n) is 5.98. The maximum Gasteiger partial charge on any atom is 0.309 e. The van der Waals surface area contributed by atoms with E-state index in [9.17, 15) is 9.59 Å². The Morgan fingerprint density at radius 1 is 1.13 bits per heavy atom. The fourth-order valence-corrected chi connectivity index (χ4v) is 3.83. The minimum atomic E-state index is -0.314. The number of carbonyl (C=O) groups is 2. The summed E-state index contributed by atoms with van der Waals surface area (Å²) in [6.45, 7) is 3.03. The number of ether oxygens (including phenoxy) is 1. The molecule has 3 aromatic rings. The van der Waals surface area contributed by atoms with Gasteiger partial charge in [0.15, 0.2) is 12.2 Å². The lowest BCUT2D eigenvalue weighted by Crippen LogP contribution is -2.38. The van der Waals surface area contributed by atoms with Crippen molar-refractivity contribution in [3.63, 3.8) is 0 Å². The number of esters is 1. The van der Waals surface area contributed by atoms with Gasteiger partial charge in [-0.1, -0.05) is 42.5 Å². The Balaban J connectivity index is 1.25. The van der Waals surface area contributed by atoms with E-state index in [1.165, 1.54) is 0 Å². The molecule has 0 radical (unpaired) electrons. The molecule has 1 fully saturated rings. The third-order valence-corrected chi connectivity index (χ3v) is 5.98. The van der Waals surface area contributed by atoms with E-state index in [2.05, 4.69) is 4.98 Å². The van der Waals surface area contributed by atoms with E-state index in [0.29, 0.717) is 31.9 Å². The minimum Gasteiger partial charge on any atom is -0.455 e. The number of oxazole rings is 1. The molecule has 1 atom stereocenters. The summed E-state index contributed by atoms with van der Waals surface area (Å²) in [5.74, 6) is -0.745. The maximum atomic E-state index is 12.5. The van der Waals surface area contributed by atoms with Crippen LogP contribution in [0.3, 0.4) is 0 Å². The second-order valence-corrected chi connectivity index (χ2v) is 7.92. The molecule has 162 valence electrons. The first kappa shape index (κ1) is 20.9. The number of likely N-dealkylation sites (N-methyl/N-ethyl adjacent to an activating group) is 1. The Kier molecular flexibility index (Phi) is 6.21. The summed E-state index contributed by atoms with van der Waals surface area (Å²) in [4.78, 5) is 33.2. The van der Waals surface area contributed by atoms with Gasteiger partial charge in [-0.05, 0) is 37.5 Å². The molecule has 0 bridgehead atoms. The Morgan fingerprint density at radius 2 is 1.81 bits per heavy atom. The van der Waals surface area contributed by atoms with Crippen molar-refractivity contribution in [2.75, 3.05) is 31.6 Å². The lowest BCUT2D eigenvalue weighted by Gasteiger charge is -2.30. The molecule has 31 heavy (non-hydrogen) atoms. The van der Waals surface area contributed by atoms with Gasteiger partial charge in [0.1, 0.15) is 5.52 Å². The molecular formula is C24H27N3O4. The van der Waals surface area contributed by atoms with Crippen LogP contribution in [0.25, 0.3) is 11.1 Å². The highest BCUT2D eigenvalue weighted by atomic mass is 16.5. The Labute approximate surface area is 181 Å². The molecule has 0 spiro atoms. The number of aromatic nitrogens is 1. The SMILES string of the molecule is CC(c1ccccc1)N(C)C(=O)COC(=O)C1CCN(c2nc3ccccc3o2)CC1. The van der Waals surface area contributed by atoms with Crippen LogP contribution in [0.5, 0.6) is 0 Å². The molecule has 1 unspecified atom stereocenters. The van der Waals surface area contributed by atoms with Crippen LogP contribution in [0.4, 0.5) is 6.01 Å². The van der Waals surface area contributed by atoms with Crippen molar-refractivity contribution in [1.29, 1.82) is 0 Å². The Bertz CT molecular complexity index is 1010. The van der Waals surface area contributed by atoms with Gasteiger partial charge in [-0.25, -0.2) is 0 Å². The van der Waals surface area contributed by atoms with Crippen LogP contribution in [0.1, 0.15) is 31.4 Å². The first-order chi connectivity index (χ1) is 15.0. The predicted octanol–water partition coefficient (Wildman–Crippen LogP) is 3.81. The van der Waals surface area contributed by atoms with Crippen molar-refractivity contribution >= 4 is 29.0 Å². The van der Waals surface area contributed by atoms with Crippen LogP contribution in [0.15, 0.2) is 59.0 Å². The molecule has 7 heteroatoms. The van der Waals surface area contributed by atoms with Gasteiger partial charge < -0.3 is 19.0 Å². The number of hydrogen-bond acceptors (Lipinski definition) is 6. The molecule has 2 heterocycles. The van der Waals surface area contributed by atoms with Crippen molar-refractivity contribution < 1.29 is 18.7 Å². The van der Waals surface area contributed by atoms with Gasteiger partial charge in [0.25, 0.3) is 11.9 Å². The summed E-state index contributed by atoms with van der Waals surface area (Å²) in [7, 11) is 1.73. The van der Waals surface area contributed by atoms with E-state index in [1.54, 1.807) is 11.9 Å². The van der Waals surface area contributed by atoms with E-state index < -0.39 is 0 Å². The number of para-hydroxylation sites is 2. The smallest absolute Gasteiger partial charge is 0.309 e. The van der Waals surface area contributed by atoms with Crippen molar-refractivity contribution in [3.05, 3.63) is 60.2 Å². The van der Waals surface area contributed by atoms with Crippen molar-refractivity contribution in [3.8, 4) is 0 Å². The number of benzene rings is 2. The topological polar surface area (TPSA) is 75.9 Å². The molecule has 1 aromatic heterocycles. The largest absolute Gasteiger partial charge is 0.455 e. The normalized spacial score (nSPS) is 15.6. The second-order valence-electron chi connectivity index (χ2n) is 7.92. The lowest BCUT2D eigenvalue weighted by atomic mass is 9.97. The highest BCUT2D eigenvalue weighted by Crippen LogP contribution is 2.27. The van der Waals surface area contributed by atoms with E-state index in [1.807, 2.05) is 66.4 Å². The number of anilines is 1. The van der Waals surface area contributed by atoms with E-state index in [4.69, 9.17) is 9.15 Å². The first-order valence-electron chi connectivity index (χ1n) is 10.6. The van der Waals surface area contributed by atoms with Gasteiger partial charge in [-0.15, -0.1) is 0 Å². The standard InChI is InChI=1S/C24H27N3O4/c1-17(18-8-4-3-5-9-18)26(2)22(28)16-30-23(29)19-12-14-27(15-13-19)24-25-20-10-6-7-11-21(20)31-24/h3-11,17,19H,12-16H2,1-2H3. The van der Waals surface area contributed by atoms with Crippen LogP contribution in [-0.2, 0) is 14.3 Å². The monoisotopic (exact) mass is 421 g/mol. The number of hydrogen-bond donors (Lipinski definition) is 0. The molecular weight excluding hydrogens is 394 g/mol. The van der Waals surface area contributed by atoms with Crippen molar-refractivity contribution in [2.45, 2.75) is 25.8 Å². The van der Waals surface area contributed by atoms with Gasteiger partial charge in [-0.2, -0.15) is 4.98 Å². The molecule has 0 saturated carbocycles. The summed E-state index contributed by atoms with van der Waals surface area (Å²) >= 11 is 0. The third kappa shape index (κ3) is 4.71. The highest BCUT2D eigenvalue weighted by Gasteiger charge is 2.29. The molecule has 0 aliphatic carbocycles. The minimum absolute atomic E-state index is 0.0908. The van der Waals surface area contributed by atoms with Gasteiger partial charge >= 0.3 is 5.97 Å². The fraction of sp³-hybridized carbons (Fsp3) is 0.375. The Hall–Kier alpha value is -3.35. The fourth-order valence-electron chi connectivity index (χ4n) is 3.83. The van der Waals surface area contributed by atoms with Gasteiger partial charge in [0.2, 0.25) is 0 Å². The predicted molar refractivity (Wildman–Crippen MR) is 118 cm³/mol. The number of rotatable bonds is 6. The van der Waals surface area contributed by atoms with Crippen LogP contribution in [0, 0.1) is 5.92 Å². The van der Waals surface area contributed by atoms with E-state index in [0.717, 1.165) is 16.7 Å². The average molecular weight is 421 g/mol. The average Bonchev–Trinajstić information content (AvgIpc) is 3.26. The number of amides is 1. The van der Waals surface area contributed by atoms with Crippen molar-refractivity contribution in [2.24, 2.45) is 5.92 Å². The number of fused-ring (bicyclic) bond motifs is 1. The van der Waals surface area contributed by atoms with Gasteiger partial charge in [0, 0.05) is 20.1 Å². The zero-order valence-corrected chi connectivity index (χ0v) is 17.9. The molecule has 1 aliphatic rings. The number of piperidine rings is 1. The van der Waals surface area contributed by atoms with Crippen LogP contribution in [-0.4, -0.2) is 48.5 Å². The zero-order chi connectivity index (χ0) is 21.8. The lowest BCUT2D eigenvalue weighted by molar-refractivity contribution is -0.156. The highest BCUT2D eigenvalue weighted by molar-refractivity contribution is 5.81. The molecule has 0 N–H and O–H groups in total. The van der Waals surface area contributed by atoms with E-state index >= 15 is 0 Å². The van der Waals surface area contributed by atoms with E-state index in [-0.39, 0.29) is 30.4 Å². The number of nitrogens with zero attached hydrogens (tertiary/aromatic N) is 3. The Morgan fingerprint density at radius 3 is 2.52 bits per heavy atom. The van der Waals surface area contributed by atoms with Crippen LogP contribution >= 0.6 is 0 Å².